The molecule has 0 radical (unpaired) electrons. The molecule has 2 heterocycles. The molecule has 0 unspecified atom stereocenters. The number of nitrogens with zero attached hydrogens (tertiary/aromatic N) is 2. The van der Waals surface area contributed by atoms with Crippen molar-refractivity contribution in [2.45, 2.75) is 45.6 Å². The highest BCUT2D eigenvalue weighted by Crippen LogP contribution is 2.14. The van der Waals surface area contributed by atoms with E-state index in [2.05, 4.69) is 27.1 Å². The van der Waals surface area contributed by atoms with Gasteiger partial charge in [-0.25, -0.2) is 4.98 Å². The summed E-state index contributed by atoms with van der Waals surface area (Å²) >= 11 is 6.14. The molecule has 1 aromatic heterocycles. The Labute approximate surface area is 120 Å². The van der Waals surface area contributed by atoms with Crippen molar-refractivity contribution in [3.8, 4) is 0 Å². The molecule has 0 atom stereocenters. The van der Waals surface area contributed by atoms with Crippen LogP contribution in [-0.4, -0.2) is 41.0 Å². The lowest BCUT2D eigenvalue weighted by Gasteiger charge is -2.14. The zero-order valence-corrected chi connectivity index (χ0v) is 12.6. The third-order valence-electron chi connectivity index (χ3n) is 3.65. The molecular formula is C14H25ClN4. The van der Waals surface area contributed by atoms with Crippen molar-refractivity contribution in [2.24, 2.45) is 0 Å². The number of aromatic amines is 1. The minimum absolute atomic E-state index is 0.625. The molecular weight excluding hydrogens is 260 g/mol. The van der Waals surface area contributed by atoms with Crippen molar-refractivity contribution >= 4 is 11.6 Å². The number of likely N-dealkylation sites (tertiary alicyclic amines) is 1. The predicted molar refractivity (Wildman–Crippen MR) is 79.6 cm³/mol. The molecule has 1 fully saturated rings. The van der Waals surface area contributed by atoms with Gasteiger partial charge in [-0.3, -0.25) is 0 Å². The van der Waals surface area contributed by atoms with Crippen molar-refractivity contribution < 1.29 is 0 Å². The second-order valence-corrected chi connectivity index (χ2v) is 5.64. The molecule has 1 aliphatic rings. The Morgan fingerprint density at radius 3 is 2.89 bits per heavy atom. The summed E-state index contributed by atoms with van der Waals surface area (Å²) in [6.45, 7) is 7.63. The SMILES string of the molecule is CCCCc1nc(Cl)c(CNCCN2CCCC2)[nH]1. The topological polar surface area (TPSA) is 44.0 Å². The maximum atomic E-state index is 6.14. The average Bonchev–Trinajstić information content (AvgIpc) is 3.02. The van der Waals surface area contributed by atoms with E-state index in [9.17, 15) is 0 Å². The third-order valence-corrected chi connectivity index (χ3v) is 3.96. The summed E-state index contributed by atoms with van der Waals surface area (Å²) in [5, 5.41) is 4.07. The number of rotatable bonds is 8. The summed E-state index contributed by atoms with van der Waals surface area (Å²) in [6, 6.07) is 0. The van der Waals surface area contributed by atoms with E-state index >= 15 is 0 Å². The van der Waals surface area contributed by atoms with E-state index in [1.54, 1.807) is 0 Å². The number of unbranched alkanes of at least 4 members (excludes halogenated alkanes) is 1. The van der Waals surface area contributed by atoms with Crippen LogP contribution < -0.4 is 5.32 Å². The third kappa shape index (κ3) is 4.79. The Hall–Kier alpha value is -0.580. The van der Waals surface area contributed by atoms with E-state index in [0.29, 0.717) is 5.15 Å². The fourth-order valence-corrected chi connectivity index (χ4v) is 2.69. The first-order valence-electron chi connectivity index (χ1n) is 7.46. The van der Waals surface area contributed by atoms with Crippen LogP contribution >= 0.6 is 11.6 Å². The fourth-order valence-electron chi connectivity index (χ4n) is 2.48. The van der Waals surface area contributed by atoms with Gasteiger partial charge in [0.05, 0.1) is 5.69 Å². The van der Waals surface area contributed by atoms with Gasteiger partial charge in [-0.2, -0.15) is 0 Å². The molecule has 108 valence electrons. The Bertz CT molecular complexity index is 372. The Morgan fingerprint density at radius 1 is 1.37 bits per heavy atom. The zero-order valence-electron chi connectivity index (χ0n) is 11.8. The summed E-state index contributed by atoms with van der Waals surface area (Å²) in [6.07, 6.45) is 6.04. The van der Waals surface area contributed by atoms with Gasteiger partial charge >= 0.3 is 0 Å². The number of hydrogen-bond donors (Lipinski definition) is 2. The van der Waals surface area contributed by atoms with Gasteiger partial charge < -0.3 is 15.2 Å². The summed E-state index contributed by atoms with van der Waals surface area (Å²) in [5.41, 5.74) is 1.02. The van der Waals surface area contributed by atoms with E-state index in [4.69, 9.17) is 11.6 Å². The minimum atomic E-state index is 0.625. The molecule has 2 N–H and O–H groups in total. The number of aromatic nitrogens is 2. The Kier molecular flexibility index (Phi) is 6.14. The summed E-state index contributed by atoms with van der Waals surface area (Å²) in [4.78, 5) is 10.2. The van der Waals surface area contributed by atoms with Crippen LogP contribution in [0, 0.1) is 0 Å². The molecule has 19 heavy (non-hydrogen) atoms. The first-order valence-corrected chi connectivity index (χ1v) is 7.83. The maximum Gasteiger partial charge on any atom is 0.151 e. The van der Waals surface area contributed by atoms with Crippen LogP contribution in [0.4, 0.5) is 0 Å². The molecule has 0 amide bonds. The van der Waals surface area contributed by atoms with Gasteiger partial charge in [0.25, 0.3) is 0 Å². The lowest BCUT2D eigenvalue weighted by atomic mass is 10.2. The molecule has 1 aliphatic heterocycles. The highest BCUT2D eigenvalue weighted by atomic mass is 35.5. The van der Waals surface area contributed by atoms with Crippen LogP contribution in [0.5, 0.6) is 0 Å². The smallest absolute Gasteiger partial charge is 0.151 e. The fraction of sp³-hybridized carbons (Fsp3) is 0.786. The van der Waals surface area contributed by atoms with E-state index in [-0.39, 0.29) is 0 Å². The van der Waals surface area contributed by atoms with Gasteiger partial charge in [0.1, 0.15) is 5.82 Å². The number of imidazole rings is 1. The van der Waals surface area contributed by atoms with Crippen molar-refractivity contribution in [1.82, 2.24) is 20.2 Å². The highest BCUT2D eigenvalue weighted by Gasteiger charge is 2.11. The molecule has 2 rings (SSSR count). The summed E-state index contributed by atoms with van der Waals surface area (Å²) in [5.74, 6) is 1.02. The summed E-state index contributed by atoms with van der Waals surface area (Å²) in [7, 11) is 0. The number of aryl methyl sites for hydroxylation is 1. The molecule has 0 spiro atoms. The minimum Gasteiger partial charge on any atom is -0.344 e. The molecule has 0 bridgehead atoms. The molecule has 5 heteroatoms. The van der Waals surface area contributed by atoms with Crippen LogP contribution in [0.15, 0.2) is 0 Å². The van der Waals surface area contributed by atoms with E-state index in [1.165, 1.54) is 32.4 Å². The molecule has 0 saturated carbocycles. The predicted octanol–water partition coefficient (Wildman–Crippen LogP) is 2.59. The maximum absolute atomic E-state index is 6.14. The van der Waals surface area contributed by atoms with Gasteiger partial charge in [0.2, 0.25) is 0 Å². The number of nitrogens with one attached hydrogen (secondary N) is 2. The summed E-state index contributed by atoms with van der Waals surface area (Å²) < 4.78 is 0. The van der Waals surface area contributed by atoms with Crippen molar-refractivity contribution in [3.05, 3.63) is 16.7 Å². The van der Waals surface area contributed by atoms with E-state index in [1.807, 2.05) is 0 Å². The normalized spacial score (nSPS) is 16.3. The van der Waals surface area contributed by atoms with Crippen LogP contribution in [0.3, 0.4) is 0 Å². The molecule has 1 saturated heterocycles. The largest absolute Gasteiger partial charge is 0.344 e. The molecule has 1 aromatic rings. The second-order valence-electron chi connectivity index (χ2n) is 5.28. The number of H-pyrrole nitrogens is 1. The van der Waals surface area contributed by atoms with Gasteiger partial charge in [-0.05, 0) is 32.4 Å². The van der Waals surface area contributed by atoms with Crippen LogP contribution in [0.2, 0.25) is 5.15 Å². The quantitative estimate of drug-likeness (QED) is 0.721. The zero-order chi connectivity index (χ0) is 13.5. The van der Waals surface area contributed by atoms with Gasteiger partial charge in [-0.15, -0.1) is 0 Å². The molecule has 4 nitrogen and oxygen atoms in total. The van der Waals surface area contributed by atoms with Gasteiger partial charge in [0, 0.05) is 26.1 Å². The van der Waals surface area contributed by atoms with Crippen molar-refractivity contribution in [2.75, 3.05) is 26.2 Å². The van der Waals surface area contributed by atoms with Crippen LogP contribution in [0.25, 0.3) is 0 Å². The number of hydrogen-bond acceptors (Lipinski definition) is 3. The molecule has 0 aliphatic carbocycles. The first kappa shape index (κ1) is 14.8. The van der Waals surface area contributed by atoms with E-state index in [0.717, 1.165) is 44.0 Å². The van der Waals surface area contributed by atoms with E-state index < -0.39 is 0 Å². The monoisotopic (exact) mass is 284 g/mol. The lowest BCUT2D eigenvalue weighted by Crippen LogP contribution is -2.29. The Balaban J connectivity index is 1.68. The first-order chi connectivity index (χ1) is 9.29. The average molecular weight is 285 g/mol. The van der Waals surface area contributed by atoms with Crippen molar-refractivity contribution in [1.29, 1.82) is 0 Å². The Morgan fingerprint density at radius 2 is 2.16 bits per heavy atom. The van der Waals surface area contributed by atoms with Gasteiger partial charge in [-0.1, -0.05) is 24.9 Å². The standard InChI is InChI=1S/C14H25ClN4/c1-2-3-6-13-17-12(14(15)18-13)11-16-7-10-19-8-4-5-9-19/h16H,2-11H2,1H3,(H,17,18). The van der Waals surface area contributed by atoms with Crippen molar-refractivity contribution in [3.63, 3.8) is 0 Å². The van der Waals surface area contributed by atoms with Gasteiger partial charge in [0.15, 0.2) is 5.15 Å². The lowest BCUT2D eigenvalue weighted by molar-refractivity contribution is 0.335. The highest BCUT2D eigenvalue weighted by molar-refractivity contribution is 6.30. The second kappa shape index (κ2) is 7.88. The molecule has 0 aromatic carbocycles. The van der Waals surface area contributed by atoms with Crippen LogP contribution in [0.1, 0.15) is 44.1 Å². The number of halogens is 1. The van der Waals surface area contributed by atoms with Crippen LogP contribution in [-0.2, 0) is 13.0 Å².